The van der Waals surface area contributed by atoms with Crippen LogP contribution < -0.4 is 10.5 Å². The molecule has 0 atom stereocenters. The zero-order valence-corrected chi connectivity index (χ0v) is 10.2. The molecule has 17 heavy (non-hydrogen) atoms. The van der Waals surface area contributed by atoms with Gasteiger partial charge in [0.05, 0.1) is 5.02 Å². The molecule has 0 heterocycles. The molecule has 2 aromatic carbocycles. The second kappa shape index (κ2) is 5.71. The highest BCUT2D eigenvalue weighted by atomic mass is 35.5. The van der Waals surface area contributed by atoms with Crippen LogP contribution in [0.25, 0.3) is 0 Å². The molecule has 0 unspecified atom stereocenters. The number of hydrogen-bond donors (Lipinski definition) is 1. The Balaban J connectivity index is 2.05. The fraction of sp³-hybridized carbons (Fsp3) is 0.143. The molecule has 2 nitrogen and oxygen atoms in total. The standard InChI is InChI=1S/C14H14ClNO/c15-13-6-1-2-7-14(13)17-10-12-5-3-4-11(8-12)9-16/h1-8H,9-10,16H2. The summed E-state index contributed by atoms with van der Waals surface area (Å²) in [6.45, 7) is 1.04. The predicted molar refractivity (Wildman–Crippen MR) is 70.1 cm³/mol. The van der Waals surface area contributed by atoms with Crippen molar-refractivity contribution in [2.24, 2.45) is 5.73 Å². The molecule has 2 N–H and O–H groups in total. The molecule has 0 amide bonds. The molecular formula is C14H14ClNO. The third kappa shape index (κ3) is 3.22. The fourth-order valence-electron chi connectivity index (χ4n) is 1.57. The molecular weight excluding hydrogens is 234 g/mol. The molecule has 0 radical (unpaired) electrons. The van der Waals surface area contributed by atoms with Crippen LogP contribution in [-0.4, -0.2) is 0 Å². The minimum Gasteiger partial charge on any atom is -0.487 e. The molecule has 2 aromatic rings. The Bertz CT molecular complexity index is 499. The lowest BCUT2D eigenvalue weighted by molar-refractivity contribution is 0.306. The van der Waals surface area contributed by atoms with Crippen LogP contribution in [0.5, 0.6) is 5.75 Å². The normalized spacial score (nSPS) is 10.2. The van der Waals surface area contributed by atoms with Crippen LogP contribution in [0.1, 0.15) is 11.1 Å². The van der Waals surface area contributed by atoms with Crippen molar-refractivity contribution in [2.75, 3.05) is 0 Å². The average Bonchev–Trinajstić information content (AvgIpc) is 2.38. The first-order valence-corrected chi connectivity index (χ1v) is 5.82. The van der Waals surface area contributed by atoms with Gasteiger partial charge in [-0.1, -0.05) is 48.0 Å². The van der Waals surface area contributed by atoms with Gasteiger partial charge in [-0.3, -0.25) is 0 Å². The van der Waals surface area contributed by atoms with Gasteiger partial charge in [-0.25, -0.2) is 0 Å². The van der Waals surface area contributed by atoms with Gasteiger partial charge in [0, 0.05) is 6.54 Å². The van der Waals surface area contributed by atoms with Gasteiger partial charge in [0.2, 0.25) is 0 Å². The van der Waals surface area contributed by atoms with Crippen LogP contribution in [0.2, 0.25) is 5.02 Å². The predicted octanol–water partition coefficient (Wildman–Crippen LogP) is 3.38. The molecule has 0 spiro atoms. The summed E-state index contributed by atoms with van der Waals surface area (Å²) in [6.07, 6.45) is 0. The molecule has 3 heteroatoms. The number of halogens is 1. The van der Waals surface area contributed by atoms with E-state index in [1.165, 1.54) is 0 Å². The summed E-state index contributed by atoms with van der Waals surface area (Å²) in [5.74, 6) is 0.701. The van der Waals surface area contributed by atoms with E-state index in [9.17, 15) is 0 Å². The van der Waals surface area contributed by atoms with E-state index in [0.29, 0.717) is 23.9 Å². The summed E-state index contributed by atoms with van der Waals surface area (Å²) in [4.78, 5) is 0. The van der Waals surface area contributed by atoms with Gasteiger partial charge in [-0.2, -0.15) is 0 Å². The Labute approximate surface area is 106 Å². The van der Waals surface area contributed by atoms with Crippen LogP contribution in [0, 0.1) is 0 Å². The molecule has 0 bridgehead atoms. The largest absolute Gasteiger partial charge is 0.487 e. The quantitative estimate of drug-likeness (QED) is 0.899. The van der Waals surface area contributed by atoms with Crippen molar-refractivity contribution in [3.8, 4) is 5.75 Å². The first-order valence-electron chi connectivity index (χ1n) is 5.45. The zero-order valence-electron chi connectivity index (χ0n) is 9.40. The van der Waals surface area contributed by atoms with Gasteiger partial charge < -0.3 is 10.5 Å². The summed E-state index contributed by atoms with van der Waals surface area (Å²) >= 11 is 6.00. The second-order valence-electron chi connectivity index (χ2n) is 3.74. The van der Waals surface area contributed by atoms with E-state index >= 15 is 0 Å². The third-order valence-corrected chi connectivity index (χ3v) is 2.77. The molecule has 0 saturated heterocycles. The molecule has 0 aliphatic carbocycles. The van der Waals surface area contributed by atoms with E-state index in [0.717, 1.165) is 11.1 Å². The van der Waals surface area contributed by atoms with E-state index in [4.69, 9.17) is 22.1 Å². The van der Waals surface area contributed by atoms with Crippen LogP contribution in [0.3, 0.4) is 0 Å². The SMILES string of the molecule is NCc1cccc(COc2ccccc2Cl)c1. The lowest BCUT2D eigenvalue weighted by Crippen LogP contribution is -2.00. The summed E-state index contributed by atoms with van der Waals surface area (Å²) in [5, 5.41) is 0.627. The molecule has 0 aromatic heterocycles. The van der Waals surface area contributed by atoms with E-state index < -0.39 is 0 Å². The van der Waals surface area contributed by atoms with Crippen molar-refractivity contribution in [3.63, 3.8) is 0 Å². The van der Waals surface area contributed by atoms with Gasteiger partial charge in [0.25, 0.3) is 0 Å². The van der Waals surface area contributed by atoms with E-state index in [-0.39, 0.29) is 0 Å². The number of rotatable bonds is 4. The lowest BCUT2D eigenvalue weighted by Gasteiger charge is -2.08. The van der Waals surface area contributed by atoms with Crippen molar-refractivity contribution in [1.29, 1.82) is 0 Å². The van der Waals surface area contributed by atoms with E-state index in [2.05, 4.69) is 0 Å². The van der Waals surface area contributed by atoms with E-state index in [1.807, 2.05) is 48.5 Å². The molecule has 88 valence electrons. The maximum atomic E-state index is 6.00. The molecule has 0 saturated carbocycles. The molecule has 0 aliphatic rings. The van der Waals surface area contributed by atoms with Crippen LogP contribution in [-0.2, 0) is 13.2 Å². The Kier molecular flexibility index (Phi) is 4.02. The van der Waals surface area contributed by atoms with Crippen molar-refractivity contribution in [1.82, 2.24) is 0 Å². The van der Waals surface area contributed by atoms with Crippen molar-refractivity contribution >= 4 is 11.6 Å². The van der Waals surface area contributed by atoms with Gasteiger partial charge in [-0.15, -0.1) is 0 Å². The topological polar surface area (TPSA) is 35.2 Å². The fourth-order valence-corrected chi connectivity index (χ4v) is 1.76. The highest BCUT2D eigenvalue weighted by molar-refractivity contribution is 6.32. The Morgan fingerprint density at radius 1 is 1.00 bits per heavy atom. The zero-order chi connectivity index (χ0) is 12.1. The summed E-state index contributed by atoms with van der Waals surface area (Å²) < 4.78 is 5.65. The van der Waals surface area contributed by atoms with Gasteiger partial charge in [-0.05, 0) is 23.3 Å². The van der Waals surface area contributed by atoms with Crippen molar-refractivity contribution in [3.05, 3.63) is 64.7 Å². The van der Waals surface area contributed by atoms with Gasteiger partial charge in [0.15, 0.2) is 0 Å². The Morgan fingerprint density at radius 3 is 2.53 bits per heavy atom. The first-order chi connectivity index (χ1) is 8.29. The van der Waals surface area contributed by atoms with Gasteiger partial charge >= 0.3 is 0 Å². The molecule has 2 rings (SSSR count). The van der Waals surface area contributed by atoms with E-state index in [1.54, 1.807) is 0 Å². The molecule has 0 fully saturated rings. The Morgan fingerprint density at radius 2 is 1.76 bits per heavy atom. The maximum absolute atomic E-state index is 6.00. The highest BCUT2D eigenvalue weighted by Crippen LogP contribution is 2.24. The second-order valence-corrected chi connectivity index (χ2v) is 4.15. The third-order valence-electron chi connectivity index (χ3n) is 2.46. The summed E-state index contributed by atoms with van der Waals surface area (Å²) in [5.41, 5.74) is 7.78. The Hall–Kier alpha value is -1.51. The minimum atomic E-state index is 0.498. The highest BCUT2D eigenvalue weighted by Gasteiger charge is 2.00. The minimum absolute atomic E-state index is 0.498. The molecule has 0 aliphatic heterocycles. The number of nitrogens with two attached hydrogens (primary N) is 1. The van der Waals surface area contributed by atoms with Crippen LogP contribution >= 0.6 is 11.6 Å². The maximum Gasteiger partial charge on any atom is 0.138 e. The summed E-state index contributed by atoms with van der Waals surface area (Å²) in [7, 11) is 0. The first kappa shape index (κ1) is 12.0. The van der Waals surface area contributed by atoms with Crippen LogP contribution in [0.4, 0.5) is 0 Å². The smallest absolute Gasteiger partial charge is 0.138 e. The number of benzene rings is 2. The average molecular weight is 248 g/mol. The number of ether oxygens (including phenoxy) is 1. The number of hydrogen-bond acceptors (Lipinski definition) is 2. The monoisotopic (exact) mass is 247 g/mol. The van der Waals surface area contributed by atoms with Gasteiger partial charge in [0.1, 0.15) is 12.4 Å². The van der Waals surface area contributed by atoms with Crippen molar-refractivity contribution < 1.29 is 4.74 Å². The van der Waals surface area contributed by atoms with Crippen molar-refractivity contribution in [2.45, 2.75) is 13.2 Å². The number of para-hydroxylation sites is 1. The lowest BCUT2D eigenvalue weighted by atomic mass is 10.1. The van der Waals surface area contributed by atoms with Crippen LogP contribution in [0.15, 0.2) is 48.5 Å². The summed E-state index contributed by atoms with van der Waals surface area (Å²) in [6, 6.07) is 15.5.